The standard InChI is InChI=1S/C18H17ClO/c1-14-5-3-6-15(2)18(14)13-20-17-10-8-16(9-11-17)7-4-12-19/h3,5-6,8-11H,12-13H2,1-2H3. The second-order valence-corrected chi connectivity index (χ2v) is 4.89. The second kappa shape index (κ2) is 7.03. The van der Waals surface area contributed by atoms with Crippen LogP contribution >= 0.6 is 11.6 Å². The van der Waals surface area contributed by atoms with Gasteiger partial charge in [0.25, 0.3) is 0 Å². The maximum atomic E-state index is 5.84. The number of hydrogen-bond acceptors (Lipinski definition) is 1. The zero-order chi connectivity index (χ0) is 14.4. The molecule has 2 aromatic rings. The summed E-state index contributed by atoms with van der Waals surface area (Å²) in [5.74, 6) is 7.01. The molecule has 0 amide bonds. The topological polar surface area (TPSA) is 9.23 Å². The molecule has 2 heteroatoms. The summed E-state index contributed by atoms with van der Waals surface area (Å²) in [5.41, 5.74) is 4.72. The number of alkyl halides is 1. The predicted octanol–water partition coefficient (Wildman–Crippen LogP) is 4.47. The molecule has 0 aliphatic heterocycles. The fourth-order valence-electron chi connectivity index (χ4n) is 2.00. The Bertz CT molecular complexity index is 612. The van der Waals surface area contributed by atoms with Crippen molar-refractivity contribution in [3.05, 3.63) is 64.7 Å². The van der Waals surface area contributed by atoms with E-state index in [4.69, 9.17) is 16.3 Å². The lowest BCUT2D eigenvalue weighted by molar-refractivity contribution is 0.304. The Morgan fingerprint density at radius 3 is 2.25 bits per heavy atom. The third kappa shape index (κ3) is 3.79. The first-order valence-electron chi connectivity index (χ1n) is 6.53. The minimum Gasteiger partial charge on any atom is -0.489 e. The van der Waals surface area contributed by atoms with Crippen molar-refractivity contribution in [2.45, 2.75) is 20.5 Å². The van der Waals surface area contributed by atoms with Gasteiger partial charge in [0.1, 0.15) is 12.4 Å². The molecule has 0 aromatic heterocycles. The van der Waals surface area contributed by atoms with Gasteiger partial charge in [0, 0.05) is 5.56 Å². The van der Waals surface area contributed by atoms with Crippen LogP contribution in [0.1, 0.15) is 22.3 Å². The Kier molecular flexibility index (Phi) is 5.09. The normalized spacial score (nSPS) is 9.75. The Hall–Kier alpha value is -1.91. The van der Waals surface area contributed by atoms with Crippen LogP contribution in [0.25, 0.3) is 0 Å². The van der Waals surface area contributed by atoms with Crippen molar-refractivity contribution >= 4 is 11.6 Å². The van der Waals surface area contributed by atoms with Crippen LogP contribution in [0.3, 0.4) is 0 Å². The fraction of sp³-hybridized carbons (Fsp3) is 0.222. The molecule has 2 rings (SSSR count). The molecule has 0 bridgehead atoms. The van der Waals surface area contributed by atoms with Crippen LogP contribution in [0.2, 0.25) is 0 Å². The number of aryl methyl sites for hydroxylation is 2. The maximum absolute atomic E-state index is 5.84. The fourth-order valence-corrected chi connectivity index (χ4v) is 2.07. The van der Waals surface area contributed by atoms with Gasteiger partial charge in [-0.3, -0.25) is 0 Å². The molecule has 20 heavy (non-hydrogen) atoms. The molecular weight excluding hydrogens is 268 g/mol. The highest BCUT2D eigenvalue weighted by atomic mass is 35.5. The molecule has 0 N–H and O–H groups in total. The molecule has 0 saturated heterocycles. The van der Waals surface area contributed by atoms with Gasteiger partial charge in [0.2, 0.25) is 0 Å². The first-order chi connectivity index (χ1) is 9.70. The number of rotatable bonds is 3. The lowest BCUT2D eigenvalue weighted by atomic mass is 10.0. The van der Waals surface area contributed by atoms with Crippen molar-refractivity contribution in [3.63, 3.8) is 0 Å². The number of hydrogen-bond donors (Lipinski definition) is 0. The molecule has 0 fully saturated rings. The van der Waals surface area contributed by atoms with Gasteiger partial charge in [-0.1, -0.05) is 30.0 Å². The van der Waals surface area contributed by atoms with Crippen molar-refractivity contribution < 1.29 is 4.74 Å². The quantitative estimate of drug-likeness (QED) is 0.597. The summed E-state index contributed by atoms with van der Waals surface area (Å²) in [7, 11) is 0. The van der Waals surface area contributed by atoms with Gasteiger partial charge in [-0.2, -0.15) is 0 Å². The second-order valence-electron chi connectivity index (χ2n) is 4.62. The van der Waals surface area contributed by atoms with E-state index in [-0.39, 0.29) is 0 Å². The Balaban J connectivity index is 2.04. The van der Waals surface area contributed by atoms with E-state index in [1.54, 1.807) is 0 Å². The van der Waals surface area contributed by atoms with E-state index in [0.717, 1.165) is 11.3 Å². The average molecular weight is 285 g/mol. The van der Waals surface area contributed by atoms with E-state index in [1.165, 1.54) is 16.7 Å². The van der Waals surface area contributed by atoms with Gasteiger partial charge in [0.15, 0.2) is 0 Å². The van der Waals surface area contributed by atoms with Crippen LogP contribution in [-0.4, -0.2) is 5.88 Å². The summed E-state index contributed by atoms with van der Waals surface area (Å²) >= 11 is 5.53. The largest absolute Gasteiger partial charge is 0.489 e. The zero-order valence-corrected chi connectivity index (χ0v) is 12.5. The molecule has 0 heterocycles. The van der Waals surface area contributed by atoms with Crippen molar-refractivity contribution in [2.24, 2.45) is 0 Å². The maximum Gasteiger partial charge on any atom is 0.119 e. The van der Waals surface area contributed by atoms with E-state index in [1.807, 2.05) is 24.3 Å². The minimum atomic E-state index is 0.352. The summed E-state index contributed by atoms with van der Waals surface area (Å²) < 4.78 is 5.84. The molecular formula is C18H17ClO. The van der Waals surface area contributed by atoms with Crippen LogP contribution in [0.15, 0.2) is 42.5 Å². The highest BCUT2D eigenvalue weighted by molar-refractivity contribution is 6.19. The third-order valence-electron chi connectivity index (χ3n) is 3.18. The van der Waals surface area contributed by atoms with E-state index >= 15 is 0 Å². The molecule has 1 nitrogen and oxygen atoms in total. The van der Waals surface area contributed by atoms with E-state index in [0.29, 0.717) is 12.5 Å². The van der Waals surface area contributed by atoms with Gasteiger partial charge in [-0.15, -0.1) is 11.6 Å². The van der Waals surface area contributed by atoms with Crippen LogP contribution in [0, 0.1) is 25.7 Å². The summed E-state index contributed by atoms with van der Waals surface area (Å²) in [6, 6.07) is 14.0. The van der Waals surface area contributed by atoms with E-state index < -0.39 is 0 Å². The molecule has 0 aliphatic rings. The predicted molar refractivity (Wildman–Crippen MR) is 84.3 cm³/mol. The van der Waals surface area contributed by atoms with Crippen molar-refractivity contribution in [1.29, 1.82) is 0 Å². The number of halogens is 1. The first kappa shape index (κ1) is 14.5. The monoisotopic (exact) mass is 284 g/mol. The molecule has 102 valence electrons. The van der Waals surface area contributed by atoms with Gasteiger partial charge < -0.3 is 4.74 Å². The Morgan fingerprint density at radius 1 is 1.00 bits per heavy atom. The number of benzene rings is 2. The van der Waals surface area contributed by atoms with Crippen LogP contribution in [0.4, 0.5) is 0 Å². The molecule has 0 saturated carbocycles. The first-order valence-corrected chi connectivity index (χ1v) is 7.07. The molecule has 0 radical (unpaired) electrons. The molecule has 0 unspecified atom stereocenters. The number of ether oxygens (including phenoxy) is 1. The average Bonchev–Trinajstić information content (AvgIpc) is 2.46. The molecule has 0 spiro atoms. The van der Waals surface area contributed by atoms with E-state index in [2.05, 4.69) is 43.9 Å². The van der Waals surface area contributed by atoms with Crippen LogP contribution in [0.5, 0.6) is 5.75 Å². The van der Waals surface area contributed by atoms with E-state index in [9.17, 15) is 0 Å². The van der Waals surface area contributed by atoms with Crippen molar-refractivity contribution in [2.75, 3.05) is 5.88 Å². The van der Waals surface area contributed by atoms with Crippen LogP contribution in [-0.2, 0) is 6.61 Å². The van der Waals surface area contributed by atoms with Crippen molar-refractivity contribution in [3.8, 4) is 17.6 Å². The summed E-state index contributed by atoms with van der Waals surface area (Å²) in [6.45, 7) is 4.80. The molecule has 0 atom stereocenters. The van der Waals surface area contributed by atoms with Gasteiger partial charge in [-0.05, 0) is 54.8 Å². The lowest BCUT2D eigenvalue weighted by Crippen LogP contribution is -2.00. The smallest absolute Gasteiger partial charge is 0.119 e. The minimum absolute atomic E-state index is 0.352. The van der Waals surface area contributed by atoms with Crippen molar-refractivity contribution in [1.82, 2.24) is 0 Å². The lowest BCUT2D eigenvalue weighted by Gasteiger charge is -2.11. The Labute approximate surface area is 125 Å². The SMILES string of the molecule is Cc1cccc(C)c1COc1ccc(C#CCCl)cc1. The van der Waals surface area contributed by atoms with Gasteiger partial charge in [0.05, 0.1) is 5.88 Å². The zero-order valence-electron chi connectivity index (χ0n) is 11.7. The Morgan fingerprint density at radius 2 is 1.65 bits per heavy atom. The van der Waals surface area contributed by atoms with Gasteiger partial charge in [-0.25, -0.2) is 0 Å². The summed E-state index contributed by atoms with van der Waals surface area (Å²) in [4.78, 5) is 0. The highest BCUT2D eigenvalue weighted by Crippen LogP contribution is 2.18. The third-order valence-corrected chi connectivity index (χ3v) is 3.32. The summed E-state index contributed by atoms with van der Waals surface area (Å²) in [6.07, 6.45) is 0. The molecule has 2 aromatic carbocycles. The van der Waals surface area contributed by atoms with Crippen LogP contribution < -0.4 is 4.74 Å². The highest BCUT2D eigenvalue weighted by Gasteiger charge is 2.03. The summed E-state index contributed by atoms with van der Waals surface area (Å²) in [5, 5.41) is 0. The molecule has 0 aliphatic carbocycles. The van der Waals surface area contributed by atoms with Gasteiger partial charge >= 0.3 is 0 Å².